The van der Waals surface area contributed by atoms with Gasteiger partial charge in [-0.25, -0.2) is 12.8 Å². The van der Waals surface area contributed by atoms with Crippen molar-refractivity contribution in [1.29, 1.82) is 0 Å². The van der Waals surface area contributed by atoms with Crippen LogP contribution in [0.15, 0.2) is 52.3 Å². The molecule has 2 aromatic carbocycles. The van der Waals surface area contributed by atoms with Crippen LogP contribution in [-0.4, -0.2) is 20.3 Å². The Bertz CT molecular complexity index is 895. The summed E-state index contributed by atoms with van der Waals surface area (Å²) in [6.45, 7) is 0.380. The van der Waals surface area contributed by atoms with E-state index >= 15 is 0 Å². The Kier molecular flexibility index (Phi) is 4.60. The van der Waals surface area contributed by atoms with Gasteiger partial charge in [0.25, 0.3) is 0 Å². The second-order valence-electron chi connectivity index (χ2n) is 5.55. The molecule has 3 rings (SSSR count). The van der Waals surface area contributed by atoms with Crippen molar-refractivity contribution in [3.05, 3.63) is 53.8 Å². The monoisotopic (exact) mass is 368 g/mol. The molecule has 0 aliphatic carbocycles. The highest BCUT2D eigenvalue weighted by molar-refractivity contribution is 7.91. The van der Waals surface area contributed by atoms with Gasteiger partial charge in [-0.15, -0.1) is 0 Å². The predicted octanol–water partition coefficient (Wildman–Crippen LogP) is 3.68. The normalized spacial score (nSPS) is 17.0. The second kappa shape index (κ2) is 6.53. The second-order valence-corrected chi connectivity index (χ2v) is 7.92. The van der Waals surface area contributed by atoms with E-state index in [4.69, 9.17) is 16.3 Å². The summed E-state index contributed by atoms with van der Waals surface area (Å²) >= 11 is 5.47. The Hall–Kier alpha value is -1.92. The van der Waals surface area contributed by atoms with Crippen molar-refractivity contribution in [3.63, 3.8) is 0 Å². The number of halogens is 2. The van der Waals surface area contributed by atoms with Gasteiger partial charge < -0.3 is 4.74 Å². The zero-order chi connectivity index (χ0) is 17.3. The zero-order valence-corrected chi connectivity index (χ0v) is 14.1. The first-order valence-electron chi connectivity index (χ1n) is 7.33. The van der Waals surface area contributed by atoms with Crippen LogP contribution in [0.5, 0.6) is 5.75 Å². The van der Waals surface area contributed by atoms with Crippen molar-refractivity contribution >= 4 is 26.7 Å². The van der Waals surface area contributed by atoms with Crippen LogP contribution < -0.4 is 4.74 Å². The van der Waals surface area contributed by atoms with Crippen LogP contribution in [0.25, 0.3) is 0 Å². The lowest BCUT2D eigenvalue weighted by Crippen LogP contribution is -2.16. The highest BCUT2D eigenvalue weighted by atomic mass is 35.5. The number of rotatable bonds is 4. The van der Waals surface area contributed by atoms with Gasteiger partial charge in [-0.2, -0.15) is 0 Å². The molecule has 1 aliphatic rings. The van der Waals surface area contributed by atoms with E-state index in [0.717, 1.165) is 11.6 Å². The average Bonchev–Trinajstić information content (AvgIpc) is 2.54. The summed E-state index contributed by atoms with van der Waals surface area (Å²) in [6.07, 6.45) is 0.815. The van der Waals surface area contributed by atoms with Crippen molar-refractivity contribution in [1.82, 2.24) is 0 Å². The molecule has 7 heteroatoms. The minimum Gasteiger partial charge on any atom is -0.493 e. The van der Waals surface area contributed by atoms with Gasteiger partial charge in [-0.05, 0) is 59.8 Å². The standard InChI is InChI=1S/C17H14ClFO4S/c18-17(20)8-11-6-7-23-16-10-14(4-5-15(11)16)24(21,22)13-3-1-2-12(19)9-13/h1-5,9-11H,6-8H2. The van der Waals surface area contributed by atoms with Crippen molar-refractivity contribution in [2.75, 3.05) is 6.61 Å². The molecular formula is C17H14ClFO4S. The van der Waals surface area contributed by atoms with E-state index in [1.54, 1.807) is 6.07 Å². The number of carbonyl (C=O) groups is 1. The van der Waals surface area contributed by atoms with E-state index in [2.05, 4.69) is 0 Å². The van der Waals surface area contributed by atoms with Crippen molar-refractivity contribution in [2.24, 2.45) is 0 Å². The predicted molar refractivity (Wildman–Crippen MR) is 86.6 cm³/mol. The third-order valence-electron chi connectivity index (χ3n) is 3.97. The molecule has 0 aromatic heterocycles. The molecule has 1 atom stereocenters. The molecule has 0 amide bonds. The van der Waals surface area contributed by atoms with Crippen molar-refractivity contribution in [3.8, 4) is 5.75 Å². The molecule has 126 valence electrons. The highest BCUT2D eigenvalue weighted by Crippen LogP contribution is 2.38. The van der Waals surface area contributed by atoms with Gasteiger partial charge in [0, 0.05) is 6.42 Å². The molecule has 0 spiro atoms. The lowest BCUT2D eigenvalue weighted by molar-refractivity contribution is -0.112. The van der Waals surface area contributed by atoms with Gasteiger partial charge in [0.15, 0.2) is 0 Å². The van der Waals surface area contributed by atoms with E-state index in [9.17, 15) is 17.6 Å². The zero-order valence-electron chi connectivity index (χ0n) is 12.5. The Morgan fingerprint density at radius 2 is 1.96 bits per heavy atom. The van der Waals surface area contributed by atoms with Crippen LogP contribution in [0, 0.1) is 5.82 Å². The Morgan fingerprint density at radius 1 is 1.21 bits per heavy atom. The van der Waals surface area contributed by atoms with Crippen LogP contribution in [0.1, 0.15) is 24.3 Å². The van der Waals surface area contributed by atoms with Crippen molar-refractivity contribution < 1.29 is 22.3 Å². The van der Waals surface area contributed by atoms with E-state index in [1.165, 1.54) is 30.3 Å². The number of sulfone groups is 1. The van der Waals surface area contributed by atoms with Crippen LogP contribution in [0.3, 0.4) is 0 Å². The third kappa shape index (κ3) is 3.30. The SMILES string of the molecule is O=C(Cl)CC1CCOc2cc(S(=O)(=O)c3cccc(F)c3)ccc21. The van der Waals surface area contributed by atoms with Crippen molar-refractivity contribution in [2.45, 2.75) is 28.6 Å². The summed E-state index contributed by atoms with van der Waals surface area (Å²) < 4.78 is 44.1. The minimum absolute atomic E-state index is 0.0182. The van der Waals surface area contributed by atoms with Gasteiger partial charge in [-0.3, -0.25) is 4.79 Å². The van der Waals surface area contributed by atoms with E-state index in [0.29, 0.717) is 18.8 Å². The number of fused-ring (bicyclic) bond motifs is 1. The van der Waals surface area contributed by atoms with E-state index in [-0.39, 0.29) is 22.1 Å². The molecule has 24 heavy (non-hydrogen) atoms. The lowest BCUT2D eigenvalue weighted by atomic mass is 9.91. The third-order valence-corrected chi connectivity index (χ3v) is 5.88. The fraction of sp³-hybridized carbons (Fsp3) is 0.235. The van der Waals surface area contributed by atoms with Gasteiger partial charge >= 0.3 is 0 Å². The van der Waals surface area contributed by atoms with Crippen LogP contribution in [0.4, 0.5) is 4.39 Å². The topological polar surface area (TPSA) is 60.4 Å². The number of carbonyl (C=O) groups excluding carboxylic acids is 1. The van der Waals surface area contributed by atoms with Crippen LogP contribution >= 0.6 is 11.6 Å². The van der Waals surface area contributed by atoms with Crippen LogP contribution in [0.2, 0.25) is 0 Å². The molecule has 2 aromatic rings. The van der Waals surface area contributed by atoms with E-state index in [1.807, 2.05) is 0 Å². The summed E-state index contributed by atoms with van der Waals surface area (Å²) in [5.41, 5.74) is 0.758. The highest BCUT2D eigenvalue weighted by Gasteiger charge is 2.26. The molecule has 0 saturated carbocycles. The summed E-state index contributed by atoms with van der Waals surface area (Å²) in [6, 6.07) is 9.34. The Morgan fingerprint density at radius 3 is 2.67 bits per heavy atom. The first kappa shape index (κ1) is 16.9. The molecule has 0 fully saturated rings. The van der Waals surface area contributed by atoms with Gasteiger partial charge in [0.2, 0.25) is 15.1 Å². The molecule has 0 radical (unpaired) electrons. The molecular weight excluding hydrogens is 355 g/mol. The molecule has 0 bridgehead atoms. The molecule has 0 saturated heterocycles. The Balaban J connectivity index is 2.01. The maximum Gasteiger partial charge on any atom is 0.222 e. The van der Waals surface area contributed by atoms with Gasteiger partial charge in [0.05, 0.1) is 16.4 Å². The quantitative estimate of drug-likeness (QED) is 0.772. The first-order valence-corrected chi connectivity index (χ1v) is 9.20. The maximum atomic E-state index is 13.3. The average molecular weight is 369 g/mol. The smallest absolute Gasteiger partial charge is 0.222 e. The fourth-order valence-electron chi connectivity index (χ4n) is 2.79. The summed E-state index contributed by atoms with van der Waals surface area (Å²) in [7, 11) is -3.85. The number of ether oxygens (including phenoxy) is 1. The number of benzene rings is 2. The van der Waals surface area contributed by atoms with Crippen LogP contribution in [-0.2, 0) is 14.6 Å². The summed E-state index contributed by atoms with van der Waals surface area (Å²) in [5.74, 6) is -0.294. The van der Waals surface area contributed by atoms with Gasteiger partial charge in [-0.1, -0.05) is 12.1 Å². The number of hydrogen-bond donors (Lipinski definition) is 0. The molecule has 1 aliphatic heterocycles. The van der Waals surface area contributed by atoms with E-state index < -0.39 is 20.9 Å². The molecule has 4 nitrogen and oxygen atoms in total. The lowest BCUT2D eigenvalue weighted by Gasteiger charge is -2.25. The first-order chi connectivity index (χ1) is 11.4. The van der Waals surface area contributed by atoms with Gasteiger partial charge in [0.1, 0.15) is 11.6 Å². The molecule has 1 unspecified atom stereocenters. The largest absolute Gasteiger partial charge is 0.493 e. The summed E-state index contributed by atoms with van der Waals surface area (Å²) in [5, 5.41) is -0.440. The molecule has 0 N–H and O–H groups in total. The molecule has 1 heterocycles. The number of hydrogen-bond acceptors (Lipinski definition) is 4. The summed E-state index contributed by atoms with van der Waals surface area (Å²) in [4.78, 5) is 11.1. The minimum atomic E-state index is -3.85. The Labute approximate surface area is 144 Å². The fourth-order valence-corrected chi connectivity index (χ4v) is 4.28. The maximum absolute atomic E-state index is 13.3.